The zero-order valence-corrected chi connectivity index (χ0v) is 15.6. The van der Waals surface area contributed by atoms with Gasteiger partial charge >= 0.3 is 12.2 Å². The minimum absolute atomic E-state index is 0.0288. The number of aromatic nitrogens is 2. The maximum atomic E-state index is 13.0. The molecule has 154 valence electrons. The Bertz CT molecular complexity index is 699. The highest BCUT2D eigenvalue weighted by Crippen LogP contribution is 2.37. The van der Waals surface area contributed by atoms with Gasteiger partial charge < -0.3 is 19.4 Å². The molecule has 1 aromatic heterocycles. The number of morpholine rings is 1. The smallest absolute Gasteiger partial charge is 0.378 e. The van der Waals surface area contributed by atoms with E-state index in [1.54, 1.807) is 0 Å². The molecule has 0 radical (unpaired) electrons. The van der Waals surface area contributed by atoms with Crippen LogP contribution in [0, 0.1) is 0 Å². The average molecular weight is 399 g/mol. The number of rotatable bonds is 3. The number of carbonyl (C=O) groups excluding carboxylic acids is 1. The summed E-state index contributed by atoms with van der Waals surface area (Å²) >= 11 is 0. The zero-order chi connectivity index (χ0) is 19.7. The Hall–Kier alpha value is -2.10. The summed E-state index contributed by atoms with van der Waals surface area (Å²) in [5.41, 5.74) is -0.914. The number of amides is 2. The highest BCUT2D eigenvalue weighted by atomic mass is 19.4. The minimum Gasteiger partial charge on any atom is -0.378 e. The SMILES string of the molecule is O=C(N1CCOCC1)N1CCC(N(c2cc(C(F)(F)F)ncn2)C2CC2)CC1. The molecule has 7 nitrogen and oxygen atoms in total. The number of halogens is 3. The molecule has 1 aliphatic carbocycles. The van der Waals surface area contributed by atoms with E-state index in [1.165, 1.54) is 0 Å². The quantitative estimate of drug-likeness (QED) is 0.781. The number of nitrogens with zero attached hydrogens (tertiary/aromatic N) is 5. The van der Waals surface area contributed by atoms with Crippen LogP contribution in [0.3, 0.4) is 0 Å². The number of hydrogen-bond donors (Lipinski definition) is 0. The Kier molecular flexibility index (Phi) is 5.31. The van der Waals surface area contributed by atoms with Gasteiger partial charge in [-0.1, -0.05) is 0 Å². The fraction of sp³-hybridized carbons (Fsp3) is 0.722. The van der Waals surface area contributed by atoms with Crippen molar-refractivity contribution < 1.29 is 22.7 Å². The van der Waals surface area contributed by atoms with Crippen LogP contribution in [0.5, 0.6) is 0 Å². The Morgan fingerprint density at radius 3 is 2.21 bits per heavy atom. The Morgan fingerprint density at radius 1 is 1.00 bits per heavy atom. The van der Waals surface area contributed by atoms with E-state index in [0.717, 1.165) is 38.1 Å². The lowest BCUT2D eigenvalue weighted by Crippen LogP contribution is -2.53. The van der Waals surface area contributed by atoms with E-state index in [9.17, 15) is 18.0 Å². The van der Waals surface area contributed by atoms with Crippen LogP contribution in [0.25, 0.3) is 0 Å². The van der Waals surface area contributed by atoms with Crippen molar-refractivity contribution in [3.63, 3.8) is 0 Å². The van der Waals surface area contributed by atoms with E-state index in [-0.39, 0.29) is 18.1 Å². The van der Waals surface area contributed by atoms with Crippen LogP contribution in [-0.2, 0) is 10.9 Å². The molecule has 28 heavy (non-hydrogen) atoms. The fourth-order valence-electron chi connectivity index (χ4n) is 3.96. The lowest BCUT2D eigenvalue weighted by molar-refractivity contribution is -0.141. The molecule has 3 aliphatic rings. The van der Waals surface area contributed by atoms with Gasteiger partial charge in [0.1, 0.15) is 17.8 Å². The summed E-state index contributed by atoms with van der Waals surface area (Å²) in [5.74, 6) is 0.336. The molecule has 0 aromatic carbocycles. The first-order valence-electron chi connectivity index (χ1n) is 9.72. The van der Waals surface area contributed by atoms with Crippen molar-refractivity contribution in [1.82, 2.24) is 19.8 Å². The van der Waals surface area contributed by atoms with Gasteiger partial charge in [0.2, 0.25) is 0 Å². The maximum Gasteiger partial charge on any atom is 0.433 e. The summed E-state index contributed by atoms with van der Waals surface area (Å²) in [6.07, 6.45) is -0.141. The summed E-state index contributed by atoms with van der Waals surface area (Å²) in [5, 5.41) is 0. The molecule has 4 rings (SSSR count). The minimum atomic E-state index is -4.49. The molecule has 0 atom stereocenters. The number of urea groups is 1. The molecule has 2 saturated heterocycles. The van der Waals surface area contributed by atoms with E-state index in [0.29, 0.717) is 45.2 Å². The van der Waals surface area contributed by atoms with Gasteiger partial charge in [-0.25, -0.2) is 14.8 Å². The third-order valence-corrected chi connectivity index (χ3v) is 5.56. The molecule has 10 heteroatoms. The van der Waals surface area contributed by atoms with Gasteiger partial charge in [-0.15, -0.1) is 0 Å². The molecule has 1 saturated carbocycles. The summed E-state index contributed by atoms with van der Waals surface area (Å²) in [6, 6.07) is 1.38. The molecular formula is C18H24F3N5O2. The molecule has 0 bridgehead atoms. The van der Waals surface area contributed by atoms with Gasteiger partial charge in [0.05, 0.1) is 13.2 Å². The van der Waals surface area contributed by atoms with Crippen LogP contribution >= 0.6 is 0 Å². The van der Waals surface area contributed by atoms with E-state index in [2.05, 4.69) is 9.97 Å². The Morgan fingerprint density at radius 2 is 1.61 bits per heavy atom. The lowest BCUT2D eigenvalue weighted by Gasteiger charge is -2.41. The number of alkyl halides is 3. The first-order valence-corrected chi connectivity index (χ1v) is 9.72. The van der Waals surface area contributed by atoms with Crippen molar-refractivity contribution in [3.05, 3.63) is 18.1 Å². The van der Waals surface area contributed by atoms with E-state index in [4.69, 9.17) is 4.74 Å². The van der Waals surface area contributed by atoms with Crippen molar-refractivity contribution >= 4 is 11.8 Å². The third kappa shape index (κ3) is 4.16. The molecule has 3 heterocycles. The number of carbonyl (C=O) groups is 1. The van der Waals surface area contributed by atoms with Crippen molar-refractivity contribution in [3.8, 4) is 0 Å². The standard InChI is InChI=1S/C18H24F3N5O2/c19-18(20,21)15-11-16(23-12-22-15)26(13-1-2-13)14-3-5-24(6-4-14)17(27)25-7-9-28-10-8-25/h11-14H,1-10H2. The normalized spacial score (nSPS) is 21.7. The van der Waals surface area contributed by atoms with E-state index in [1.807, 2.05) is 14.7 Å². The summed E-state index contributed by atoms with van der Waals surface area (Å²) in [7, 11) is 0. The van der Waals surface area contributed by atoms with Crippen molar-refractivity contribution in [2.75, 3.05) is 44.3 Å². The Labute approximate surface area is 161 Å². The van der Waals surface area contributed by atoms with Gasteiger partial charge in [0.25, 0.3) is 0 Å². The second-order valence-electron chi connectivity index (χ2n) is 7.50. The van der Waals surface area contributed by atoms with Crippen LogP contribution in [-0.4, -0.2) is 77.3 Å². The second-order valence-corrected chi connectivity index (χ2v) is 7.50. The van der Waals surface area contributed by atoms with Crippen molar-refractivity contribution in [1.29, 1.82) is 0 Å². The largest absolute Gasteiger partial charge is 0.433 e. The van der Waals surface area contributed by atoms with Crippen LogP contribution < -0.4 is 4.90 Å². The summed E-state index contributed by atoms with van der Waals surface area (Å²) in [4.78, 5) is 25.8. The van der Waals surface area contributed by atoms with Crippen LogP contribution in [0.15, 0.2) is 12.4 Å². The molecule has 1 aromatic rings. The second kappa shape index (κ2) is 7.73. The van der Waals surface area contributed by atoms with Crippen molar-refractivity contribution in [2.45, 2.75) is 43.9 Å². The van der Waals surface area contributed by atoms with Gasteiger partial charge in [-0.2, -0.15) is 13.2 Å². The molecular weight excluding hydrogens is 375 g/mol. The van der Waals surface area contributed by atoms with Gasteiger partial charge in [0.15, 0.2) is 0 Å². The molecule has 3 fully saturated rings. The van der Waals surface area contributed by atoms with Gasteiger partial charge in [-0.05, 0) is 25.7 Å². The molecule has 2 aliphatic heterocycles. The molecule has 2 amide bonds. The third-order valence-electron chi connectivity index (χ3n) is 5.56. The highest BCUT2D eigenvalue weighted by Gasteiger charge is 2.39. The zero-order valence-electron chi connectivity index (χ0n) is 15.6. The number of piperidine rings is 1. The lowest BCUT2D eigenvalue weighted by atomic mass is 10.0. The number of hydrogen-bond acceptors (Lipinski definition) is 5. The number of likely N-dealkylation sites (tertiary alicyclic amines) is 1. The molecule has 0 N–H and O–H groups in total. The predicted molar refractivity (Wildman–Crippen MR) is 94.9 cm³/mol. The number of anilines is 1. The van der Waals surface area contributed by atoms with E-state index < -0.39 is 11.9 Å². The number of ether oxygens (including phenoxy) is 1. The molecule has 0 spiro atoms. The predicted octanol–water partition coefficient (Wildman–Crippen LogP) is 2.38. The van der Waals surface area contributed by atoms with Crippen LogP contribution in [0.4, 0.5) is 23.8 Å². The van der Waals surface area contributed by atoms with Gasteiger partial charge in [0, 0.05) is 44.3 Å². The van der Waals surface area contributed by atoms with Crippen molar-refractivity contribution in [2.24, 2.45) is 0 Å². The fourth-order valence-corrected chi connectivity index (χ4v) is 3.96. The monoisotopic (exact) mass is 399 g/mol. The van der Waals surface area contributed by atoms with E-state index >= 15 is 0 Å². The summed E-state index contributed by atoms with van der Waals surface area (Å²) in [6.45, 7) is 3.53. The van der Waals surface area contributed by atoms with Gasteiger partial charge in [-0.3, -0.25) is 0 Å². The first-order chi connectivity index (χ1) is 13.4. The first kappa shape index (κ1) is 19.2. The summed E-state index contributed by atoms with van der Waals surface area (Å²) < 4.78 is 44.4. The molecule has 0 unspecified atom stereocenters. The Balaban J connectivity index is 1.42. The maximum absolute atomic E-state index is 13.0. The average Bonchev–Trinajstić information content (AvgIpc) is 3.53. The highest BCUT2D eigenvalue weighted by molar-refractivity contribution is 5.74. The van der Waals surface area contributed by atoms with Crippen LogP contribution in [0.1, 0.15) is 31.4 Å². The van der Waals surface area contributed by atoms with Crippen LogP contribution in [0.2, 0.25) is 0 Å². The topological polar surface area (TPSA) is 61.8 Å².